The Morgan fingerprint density at radius 1 is 1.37 bits per heavy atom. The molecule has 0 amide bonds. The second-order valence-electron chi connectivity index (χ2n) is 4.51. The van der Waals surface area contributed by atoms with Crippen LogP contribution in [0.5, 0.6) is 0 Å². The van der Waals surface area contributed by atoms with E-state index in [0.717, 1.165) is 23.9 Å². The molecule has 0 aliphatic rings. The van der Waals surface area contributed by atoms with Crippen LogP contribution < -0.4 is 5.32 Å². The summed E-state index contributed by atoms with van der Waals surface area (Å²) in [5, 5.41) is 3.62. The molecule has 0 fully saturated rings. The molecule has 0 saturated carbocycles. The molecular formula is C15H17BrINO. The van der Waals surface area contributed by atoms with Crippen LogP contribution in [0.25, 0.3) is 0 Å². The number of halogens is 2. The van der Waals surface area contributed by atoms with Gasteiger partial charge in [0.1, 0.15) is 0 Å². The van der Waals surface area contributed by atoms with Crippen LogP contribution in [-0.2, 0) is 6.42 Å². The first-order chi connectivity index (χ1) is 9.20. The zero-order valence-electron chi connectivity index (χ0n) is 10.8. The summed E-state index contributed by atoms with van der Waals surface area (Å²) in [6.07, 6.45) is 5.64. The minimum atomic E-state index is 0.321. The molecule has 1 heterocycles. The van der Waals surface area contributed by atoms with Gasteiger partial charge in [-0.2, -0.15) is 0 Å². The molecule has 1 atom stereocenters. The summed E-state index contributed by atoms with van der Waals surface area (Å²) < 4.78 is 7.58. The fraction of sp³-hybridized carbons (Fsp3) is 0.333. The molecule has 1 unspecified atom stereocenters. The Morgan fingerprint density at radius 3 is 2.89 bits per heavy atom. The fourth-order valence-electron chi connectivity index (χ4n) is 2.04. The zero-order valence-corrected chi connectivity index (χ0v) is 14.6. The van der Waals surface area contributed by atoms with E-state index in [1.807, 2.05) is 12.3 Å². The topological polar surface area (TPSA) is 25.2 Å². The van der Waals surface area contributed by atoms with Gasteiger partial charge in [-0.25, -0.2) is 0 Å². The molecule has 4 heteroatoms. The zero-order chi connectivity index (χ0) is 13.7. The Balaban J connectivity index is 2.23. The van der Waals surface area contributed by atoms with Gasteiger partial charge in [-0.05, 0) is 77.4 Å². The maximum Gasteiger partial charge on any atom is 0.0935 e. The van der Waals surface area contributed by atoms with Gasteiger partial charge in [0.25, 0.3) is 0 Å². The van der Waals surface area contributed by atoms with Gasteiger partial charge >= 0.3 is 0 Å². The van der Waals surface area contributed by atoms with E-state index in [1.165, 1.54) is 14.7 Å². The van der Waals surface area contributed by atoms with Crippen LogP contribution >= 0.6 is 38.5 Å². The highest BCUT2D eigenvalue weighted by molar-refractivity contribution is 14.1. The second-order valence-corrected chi connectivity index (χ2v) is 6.59. The van der Waals surface area contributed by atoms with E-state index >= 15 is 0 Å². The molecular weight excluding hydrogens is 417 g/mol. The van der Waals surface area contributed by atoms with Gasteiger partial charge in [0.05, 0.1) is 12.5 Å². The molecule has 2 aromatic rings. The smallest absolute Gasteiger partial charge is 0.0935 e. The monoisotopic (exact) mass is 433 g/mol. The van der Waals surface area contributed by atoms with Gasteiger partial charge in [0, 0.05) is 14.1 Å². The first kappa shape index (κ1) is 15.1. The number of nitrogens with one attached hydrogen (secondary N) is 1. The Kier molecular flexibility index (Phi) is 5.91. The lowest BCUT2D eigenvalue weighted by atomic mass is 10.0. The summed E-state index contributed by atoms with van der Waals surface area (Å²) >= 11 is 5.96. The van der Waals surface area contributed by atoms with Crippen LogP contribution in [0, 0.1) is 3.57 Å². The summed E-state index contributed by atoms with van der Waals surface area (Å²) in [6.45, 7) is 3.21. The summed E-state index contributed by atoms with van der Waals surface area (Å²) in [4.78, 5) is 0. The van der Waals surface area contributed by atoms with Crippen molar-refractivity contribution in [2.75, 3.05) is 6.54 Å². The molecule has 0 aliphatic heterocycles. The summed E-state index contributed by atoms with van der Waals surface area (Å²) in [7, 11) is 0. The van der Waals surface area contributed by atoms with Crippen LogP contribution in [0.2, 0.25) is 0 Å². The van der Waals surface area contributed by atoms with E-state index in [4.69, 9.17) is 4.42 Å². The van der Waals surface area contributed by atoms with E-state index in [-0.39, 0.29) is 0 Å². The van der Waals surface area contributed by atoms with E-state index < -0.39 is 0 Å². The molecule has 1 aromatic heterocycles. The van der Waals surface area contributed by atoms with Crippen LogP contribution in [0.15, 0.2) is 45.7 Å². The number of rotatable bonds is 6. The third-order valence-electron chi connectivity index (χ3n) is 2.99. The molecule has 2 rings (SSSR count). The maximum atomic E-state index is 5.17. The van der Waals surface area contributed by atoms with Crippen molar-refractivity contribution in [2.24, 2.45) is 0 Å². The number of hydrogen-bond donors (Lipinski definition) is 1. The summed E-state index contributed by atoms with van der Waals surface area (Å²) in [5.41, 5.74) is 2.56. The second kappa shape index (κ2) is 7.45. The van der Waals surface area contributed by atoms with E-state index in [2.05, 4.69) is 69.0 Å². The fourth-order valence-corrected chi connectivity index (χ4v) is 3.13. The third-order valence-corrected chi connectivity index (χ3v) is 4.47. The molecule has 19 heavy (non-hydrogen) atoms. The van der Waals surface area contributed by atoms with E-state index in [9.17, 15) is 0 Å². The molecule has 1 aromatic carbocycles. The Labute approximate surface area is 136 Å². The standard InChI is InChI=1S/C15H17BrINO/c1-2-6-18-15(8-11-5-7-19-10-11)13-9-12(16)3-4-14(13)17/h3-5,7,9-10,15,18H,2,6,8H2,1H3. The first-order valence-electron chi connectivity index (χ1n) is 6.40. The highest BCUT2D eigenvalue weighted by atomic mass is 127. The molecule has 1 N–H and O–H groups in total. The number of benzene rings is 1. The quantitative estimate of drug-likeness (QED) is 0.653. The van der Waals surface area contributed by atoms with Crippen LogP contribution in [0.3, 0.4) is 0 Å². The van der Waals surface area contributed by atoms with Gasteiger partial charge in [-0.15, -0.1) is 0 Å². The average molecular weight is 434 g/mol. The highest BCUT2D eigenvalue weighted by Crippen LogP contribution is 2.27. The molecule has 102 valence electrons. The van der Waals surface area contributed by atoms with Gasteiger partial charge in [0.2, 0.25) is 0 Å². The van der Waals surface area contributed by atoms with Gasteiger partial charge in [-0.3, -0.25) is 0 Å². The Morgan fingerprint density at radius 2 is 2.21 bits per heavy atom. The third kappa shape index (κ3) is 4.33. The lowest BCUT2D eigenvalue weighted by Crippen LogP contribution is -2.24. The van der Waals surface area contributed by atoms with E-state index in [0.29, 0.717) is 6.04 Å². The predicted molar refractivity (Wildman–Crippen MR) is 90.3 cm³/mol. The summed E-state index contributed by atoms with van der Waals surface area (Å²) in [5.74, 6) is 0. The minimum Gasteiger partial charge on any atom is -0.472 e. The number of furan rings is 1. The molecule has 0 bridgehead atoms. The molecule has 2 nitrogen and oxygen atoms in total. The molecule has 0 spiro atoms. The lowest BCUT2D eigenvalue weighted by Gasteiger charge is -2.20. The van der Waals surface area contributed by atoms with Crippen molar-refractivity contribution in [1.29, 1.82) is 0 Å². The molecule has 0 radical (unpaired) electrons. The van der Waals surface area contributed by atoms with Crippen LogP contribution in [-0.4, -0.2) is 6.54 Å². The summed E-state index contributed by atoms with van der Waals surface area (Å²) in [6, 6.07) is 8.79. The maximum absolute atomic E-state index is 5.17. The van der Waals surface area contributed by atoms with Crippen molar-refractivity contribution < 1.29 is 4.42 Å². The van der Waals surface area contributed by atoms with Crippen LogP contribution in [0.4, 0.5) is 0 Å². The molecule has 0 aliphatic carbocycles. The van der Waals surface area contributed by atoms with Crippen molar-refractivity contribution in [3.05, 3.63) is 56.0 Å². The first-order valence-corrected chi connectivity index (χ1v) is 8.27. The van der Waals surface area contributed by atoms with Gasteiger partial charge < -0.3 is 9.73 Å². The largest absolute Gasteiger partial charge is 0.472 e. The lowest BCUT2D eigenvalue weighted by molar-refractivity contribution is 0.519. The van der Waals surface area contributed by atoms with Crippen LogP contribution in [0.1, 0.15) is 30.5 Å². The Bertz CT molecular complexity index is 513. The van der Waals surface area contributed by atoms with Gasteiger partial charge in [0.15, 0.2) is 0 Å². The average Bonchev–Trinajstić information content (AvgIpc) is 2.90. The number of hydrogen-bond acceptors (Lipinski definition) is 2. The highest BCUT2D eigenvalue weighted by Gasteiger charge is 2.15. The van der Waals surface area contributed by atoms with Crippen molar-refractivity contribution >= 4 is 38.5 Å². The molecule has 0 saturated heterocycles. The minimum absolute atomic E-state index is 0.321. The van der Waals surface area contributed by atoms with Crippen molar-refractivity contribution in [1.82, 2.24) is 5.32 Å². The predicted octanol–water partition coefficient (Wildman–Crippen LogP) is 4.93. The van der Waals surface area contributed by atoms with Crippen molar-refractivity contribution in [2.45, 2.75) is 25.8 Å². The Hall–Kier alpha value is -0.330. The van der Waals surface area contributed by atoms with Gasteiger partial charge in [-0.1, -0.05) is 22.9 Å². The van der Waals surface area contributed by atoms with Crippen molar-refractivity contribution in [3.63, 3.8) is 0 Å². The van der Waals surface area contributed by atoms with E-state index in [1.54, 1.807) is 6.26 Å². The SMILES string of the molecule is CCCNC(Cc1ccoc1)c1cc(Br)ccc1I. The normalized spacial score (nSPS) is 12.6. The van der Waals surface area contributed by atoms with Crippen molar-refractivity contribution in [3.8, 4) is 0 Å².